The maximum Gasteiger partial charge on any atom is 0.573 e. The van der Waals surface area contributed by atoms with Crippen molar-refractivity contribution in [2.75, 3.05) is 6.54 Å². The van der Waals surface area contributed by atoms with E-state index in [1.807, 2.05) is 0 Å². The Morgan fingerprint density at radius 1 is 1.28 bits per heavy atom. The molecule has 1 fully saturated rings. The number of benzene rings is 1. The van der Waals surface area contributed by atoms with Crippen LogP contribution in [0.4, 0.5) is 13.2 Å². The van der Waals surface area contributed by atoms with Crippen LogP contribution in [0.5, 0.6) is 5.75 Å². The van der Waals surface area contributed by atoms with Gasteiger partial charge >= 0.3 is 6.36 Å². The highest BCUT2D eigenvalue weighted by molar-refractivity contribution is 5.33. The molecular weight excluding hydrogens is 243 g/mol. The van der Waals surface area contributed by atoms with Gasteiger partial charge in [0, 0.05) is 18.7 Å². The lowest BCUT2D eigenvalue weighted by atomic mass is 10.1. The van der Waals surface area contributed by atoms with E-state index in [0.717, 1.165) is 6.54 Å². The Labute approximate surface area is 104 Å². The molecule has 0 unspecified atom stereocenters. The van der Waals surface area contributed by atoms with Gasteiger partial charge < -0.3 is 10.1 Å². The molecule has 5 heteroatoms. The molecule has 0 saturated heterocycles. The molecule has 0 heterocycles. The lowest BCUT2D eigenvalue weighted by Gasteiger charge is -2.15. The van der Waals surface area contributed by atoms with Crippen LogP contribution in [-0.4, -0.2) is 12.9 Å². The van der Waals surface area contributed by atoms with E-state index in [4.69, 9.17) is 0 Å². The molecule has 0 amide bonds. The standard InChI is InChI=1S/C13H16F3NO/c1-12(6-7-12)9-17-8-10-4-2-3-5-11(10)18-13(14,15)16/h2-5,17H,6-9H2,1H3. The van der Waals surface area contributed by atoms with E-state index < -0.39 is 6.36 Å². The summed E-state index contributed by atoms with van der Waals surface area (Å²) in [6, 6.07) is 6.22. The fourth-order valence-electron chi connectivity index (χ4n) is 1.76. The predicted molar refractivity (Wildman–Crippen MR) is 62.2 cm³/mol. The van der Waals surface area contributed by atoms with E-state index in [2.05, 4.69) is 17.0 Å². The van der Waals surface area contributed by atoms with Crippen LogP contribution < -0.4 is 10.1 Å². The minimum atomic E-state index is -4.64. The monoisotopic (exact) mass is 259 g/mol. The minimum Gasteiger partial charge on any atom is -0.405 e. The number of ether oxygens (including phenoxy) is 1. The van der Waals surface area contributed by atoms with Crippen LogP contribution in [0.1, 0.15) is 25.3 Å². The van der Waals surface area contributed by atoms with Gasteiger partial charge in [0.2, 0.25) is 0 Å². The molecule has 0 bridgehead atoms. The Kier molecular flexibility index (Phi) is 3.52. The Hall–Kier alpha value is -1.23. The van der Waals surface area contributed by atoms with Crippen molar-refractivity contribution in [2.24, 2.45) is 5.41 Å². The molecule has 1 aliphatic rings. The Bertz CT molecular complexity index is 413. The van der Waals surface area contributed by atoms with E-state index in [1.165, 1.54) is 25.0 Å². The van der Waals surface area contributed by atoms with Gasteiger partial charge in [-0.2, -0.15) is 0 Å². The maximum absolute atomic E-state index is 12.2. The second-order valence-corrected chi connectivity index (χ2v) is 5.07. The minimum absolute atomic E-state index is 0.126. The smallest absolute Gasteiger partial charge is 0.405 e. The Morgan fingerprint density at radius 3 is 2.56 bits per heavy atom. The summed E-state index contributed by atoms with van der Waals surface area (Å²) in [5, 5.41) is 3.18. The fourth-order valence-corrected chi connectivity index (χ4v) is 1.76. The lowest BCUT2D eigenvalue weighted by molar-refractivity contribution is -0.274. The molecule has 0 aromatic heterocycles. The van der Waals surface area contributed by atoms with Crippen LogP contribution in [0.3, 0.4) is 0 Å². The van der Waals surface area contributed by atoms with Crippen molar-refractivity contribution in [3.8, 4) is 5.75 Å². The van der Waals surface area contributed by atoms with Gasteiger partial charge in [-0.05, 0) is 24.3 Å². The molecule has 0 atom stereocenters. The predicted octanol–water partition coefficient (Wildman–Crippen LogP) is 3.47. The molecule has 2 rings (SSSR count). The molecule has 1 aromatic rings. The van der Waals surface area contributed by atoms with Gasteiger partial charge in [-0.25, -0.2) is 0 Å². The number of nitrogens with one attached hydrogen (secondary N) is 1. The zero-order valence-electron chi connectivity index (χ0n) is 10.2. The number of halogens is 3. The van der Waals surface area contributed by atoms with Crippen molar-refractivity contribution in [2.45, 2.75) is 32.7 Å². The number of hydrogen-bond donors (Lipinski definition) is 1. The summed E-state index contributed by atoms with van der Waals surface area (Å²) in [5.74, 6) is -0.126. The van der Waals surface area contributed by atoms with Crippen molar-refractivity contribution in [1.82, 2.24) is 5.32 Å². The Morgan fingerprint density at radius 2 is 1.94 bits per heavy atom. The van der Waals surface area contributed by atoms with E-state index in [9.17, 15) is 13.2 Å². The van der Waals surface area contributed by atoms with Crippen LogP contribution >= 0.6 is 0 Å². The van der Waals surface area contributed by atoms with E-state index in [0.29, 0.717) is 17.5 Å². The Balaban J connectivity index is 1.94. The van der Waals surface area contributed by atoms with Gasteiger partial charge in [0.1, 0.15) is 5.75 Å². The van der Waals surface area contributed by atoms with Crippen molar-refractivity contribution >= 4 is 0 Å². The third-order valence-electron chi connectivity index (χ3n) is 3.17. The molecule has 1 N–H and O–H groups in total. The van der Waals surface area contributed by atoms with E-state index in [1.54, 1.807) is 12.1 Å². The average Bonchev–Trinajstić information content (AvgIpc) is 2.97. The molecule has 0 radical (unpaired) electrons. The van der Waals surface area contributed by atoms with Crippen molar-refractivity contribution in [3.05, 3.63) is 29.8 Å². The van der Waals surface area contributed by atoms with Crippen LogP contribution in [0.2, 0.25) is 0 Å². The number of para-hydroxylation sites is 1. The topological polar surface area (TPSA) is 21.3 Å². The third-order valence-corrected chi connectivity index (χ3v) is 3.17. The SMILES string of the molecule is CC1(CNCc2ccccc2OC(F)(F)F)CC1. The van der Waals surface area contributed by atoms with Crippen LogP contribution in [-0.2, 0) is 6.54 Å². The van der Waals surface area contributed by atoms with Crippen LogP contribution in [0.15, 0.2) is 24.3 Å². The summed E-state index contributed by atoms with van der Waals surface area (Å²) in [7, 11) is 0. The number of hydrogen-bond acceptors (Lipinski definition) is 2. The zero-order chi connectivity index (χ0) is 13.2. The first-order valence-corrected chi connectivity index (χ1v) is 5.92. The van der Waals surface area contributed by atoms with Crippen molar-refractivity contribution < 1.29 is 17.9 Å². The van der Waals surface area contributed by atoms with E-state index >= 15 is 0 Å². The van der Waals surface area contributed by atoms with Crippen LogP contribution in [0, 0.1) is 5.41 Å². The maximum atomic E-state index is 12.2. The largest absolute Gasteiger partial charge is 0.573 e. The molecule has 1 saturated carbocycles. The van der Waals surface area contributed by atoms with Gasteiger partial charge in [-0.15, -0.1) is 13.2 Å². The fraction of sp³-hybridized carbons (Fsp3) is 0.538. The first kappa shape index (κ1) is 13.2. The summed E-state index contributed by atoms with van der Waals surface area (Å²) in [4.78, 5) is 0. The first-order valence-electron chi connectivity index (χ1n) is 5.92. The lowest BCUT2D eigenvalue weighted by Crippen LogP contribution is -2.23. The van der Waals surface area contributed by atoms with E-state index in [-0.39, 0.29) is 5.75 Å². The molecule has 1 aromatic carbocycles. The molecule has 1 aliphatic carbocycles. The molecular formula is C13H16F3NO. The van der Waals surface area contributed by atoms with Gasteiger partial charge in [-0.3, -0.25) is 0 Å². The zero-order valence-corrected chi connectivity index (χ0v) is 10.2. The summed E-state index contributed by atoms with van der Waals surface area (Å²) in [6.45, 7) is 3.38. The molecule has 18 heavy (non-hydrogen) atoms. The summed E-state index contributed by atoms with van der Waals surface area (Å²) < 4.78 is 40.6. The highest BCUT2D eigenvalue weighted by Gasteiger charge is 2.36. The highest BCUT2D eigenvalue weighted by atomic mass is 19.4. The second kappa shape index (κ2) is 4.80. The van der Waals surface area contributed by atoms with Crippen LogP contribution in [0.25, 0.3) is 0 Å². The molecule has 100 valence electrons. The second-order valence-electron chi connectivity index (χ2n) is 5.07. The summed E-state index contributed by atoms with van der Waals surface area (Å²) >= 11 is 0. The molecule has 0 aliphatic heterocycles. The van der Waals surface area contributed by atoms with Crippen molar-refractivity contribution in [1.29, 1.82) is 0 Å². The summed E-state index contributed by atoms with van der Waals surface area (Å²) in [6.07, 6.45) is -2.28. The van der Waals surface area contributed by atoms with Gasteiger partial charge in [-0.1, -0.05) is 25.1 Å². The van der Waals surface area contributed by atoms with Crippen molar-refractivity contribution in [3.63, 3.8) is 0 Å². The molecule has 0 spiro atoms. The number of alkyl halides is 3. The quantitative estimate of drug-likeness (QED) is 0.874. The first-order chi connectivity index (χ1) is 8.38. The third kappa shape index (κ3) is 3.91. The van der Waals surface area contributed by atoms with Gasteiger partial charge in [0.15, 0.2) is 0 Å². The summed E-state index contributed by atoms with van der Waals surface area (Å²) in [5.41, 5.74) is 0.860. The molecule has 2 nitrogen and oxygen atoms in total. The number of rotatable bonds is 5. The highest BCUT2D eigenvalue weighted by Crippen LogP contribution is 2.44. The van der Waals surface area contributed by atoms with Gasteiger partial charge in [0.05, 0.1) is 0 Å². The average molecular weight is 259 g/mol. The normalized spacial score (nSPS) is 17.6. The van der Waals surface area contributed by atoms with Gasteiger partial charge in [0.25, 0.3) is 0 Å².